The average molecular weight is 373 g/mol. The van der Waals surface area contributed by atoms with Crippen molar-refractivity contribution in [1.29, 1.82) is 0 Å². The molecule has 1 fully saturated rings. The van der Waals surface area contributed by atoms with Gasteiger partial charge in [-0.05, 0) is 61.4 Å². The van der Waals surface area contributed by atoms with Gasteiger partial charge in [0.05, 0.1) is 0 Å². The summed E-state index contributed by atoms with van der Waals surface area (Å²) < 4.78 is 1.83. The Morgan fingerprint density at radius 2 is 2.12 bits per heavy atom. The summed E-state index contributed by atoms with van der Waals surface area (Å²) in [5.74, 6) is 0.987. The molecular weight excluding hydrogens is 344 g/mol. The highest BCUT2D eigenvalue weighted by atomic mass is 32.2. The number of anilines is 1. The molecule has 3 rings (SSSR count). The molecule has 0 atom stereocenters. The van der Waals surface area contributed by atoms with Crippen LogP contribution in [0.5, 0.6) is 0 Å². The van der Waals surface area contributed by atoms with Crippen LogP contribution in [-0.2, 0) is 16.1 Å². The second-order valence-corrected chi connectivity index (χ2v) is 8.70. The topological polar surface area (TPSA) is 59.0 Å². The van der Waals surface area contributed by atoms with Crippen LogP contribution in [0.2, 0.25) is 0 Å². The highest BCUT2D eigenvalue weighted by molar-refractivity contribution is 7.99. The van der Waals surface area contributed by atoms with E-state index in [0.29, 0.717) is 5.25 Å². The van der Waals surface area contributed by atoms with Crippen molar-refractivity contribution in [2.24, 2.45) is 0 Å². The van der Waals surface area contributed by atoms with Crippen molar-refractivity contribution in [2.45, 2.75) is 50.2 Å². The largest absolute Gasteiger partial charge is 0.324 e. The number of nitrogens with zero attached hydrogens (tertiary/aromatic N) is 2. The van der Waals surface area contributed by atoms with Crippen molar-refractivity contribution in [1.82, 2.24) is 15.1 Å². The smallest absolute Gasteiger partial charge is 0.252 e. The Morgan fingerprint density at radius 1 is 1.35 bits per heavy atom. The van der Waals surface area contributed by atoms with Gasteiger partial charge < -0.3 is 10.6 Å². The van der Waals surface area contributed by atoms with E-state index in [1.165, 1.54) is 5.56 Å². The van der Waals surface area contributed by atoms with Crippen LogP contribution in [0.3, 0.4) is 0 Å². The lowest BCUT2D eigenvalue weighted by Crippen LogP contribution is -2.52. The molecule has 2 heterocycles. The molecule has 1 aliphatic rings. The fourth-order valence-corrected chi connectivity index (χ4v) is 4.22. The molecule has 0 aliphatic carbocycles. The monoisotopic (exact) mass is 372 g/mol. The molecule has 26 heavy (non-hydrogen) atoms. The number of carbonyl (C=O) groups excluding carboxylic acids is 1. The maximum atomic E-state index is 13.3. The lowest BCUT2D eigenvalue weighted by molar-refractivity contribution is -0.126. The van der Waals surface area contributed by atoms with Crippen LogP contribution in [0.1, 0.15) is 37.8 Å². The highest BCUT2D eigenvalue weighted by Crippen LogP contribution is 2.30. The third kappa shape index (κ3) is 3.96. The first-order valence-electron chi connectivity index (χ1n) is 9.25. The Hall–Kier alpha value is -1.79. The fraction of sp³-hybridized carbons (Fsp3) is 0.500. The zero-order valence-corrected chi connectivity index (χ0v) is 16.6. The van der Waals surface area contributed by atoms with Crippen LogP contribution in [0.15, 0.2) is 36.7 Å². The summed E-state index contributed by atoms with van der Waals surface area (Å²) in [5, 5.41) is 11.5. The number of hydrogen-bond acceptors (Lipinski definition) is 4. The van der Waals surface area contributed by atoms with Gasteiger partial charge in [0, 0.05) is 23.8 Å². The quantitative estimate of drug-likeness (QED) is 0.814. The number of nitrogens with one attached hydrogen (secondary N) is 2. The van der Waals surface area contributed by atoms with E-state index in [-0.39, 0.29) is 5.91 Å². The molecule has 1 aromatic carbocycles. The SMILES string of the molecule is Cc1c(CSC(C)C)cccc1NC(=O)C1(n2cccn2)CCNCC1. The average Bonchev–Trinajstić information content (AvgIpc) is 3.18. The Morgan fingerprint density at radius 3 is 2.77 bits per heavy atom. The first-order valence-corrected chi connectivity index (χ1v) is 10.3. The minimum Gasteiger partial charge on any atom is -0.324 e. The minimum absolute atomic E-state index is 0.0273. The third-order valence-corrected chi connectivity index (χ3v) is 6.21. The van der Waals surface area contributed by atoms with Gasteiger partial charge in [-0.1, -0.05) is 26.0 Å². The van der Waals surface area contributed by atoms with Crippen LogP contribution < -0.4 is 10.6 Å². The predicted octanol–water partition coefficient (Wildman–Crippen LogP) is 3.55. The molecule has 1 amide bonds. The predicted molar refractivity (Wildman–Crippen MR) is 109 cm³/mol. The van der Waals surface area contributed by atoms with E-state index in [1.807, 2.05) is 40.8 Å². The normalized spacial score (nSPS) is 16.6. The molecule has 140 valence electrons. The molecule has 0 bridgehead atoms. The number of piperidine rings is 1. The molecule has 0 spiro atoms. The number of hydrogen-bond donors (Lipinski definition) is 2. The molecule has 0 unspecified atom stereocenters. The molecule has 1 aromatic heterocycles. The second-order valence-electron chi connectivity index (χ2n) is 7.14. The van der Waals surface area contributed by atoms with E-state index in [0.717, 1.165) is 42.9 Å². The molecule has 0 saturated carbocycles. The Labute approximate surface area is 159 Å². The van der Waals surface area contributed by atoms with Crippen LogP contribution >= 0.6 is 11.8 Å². The molecule has 1 saturated heterocycles. The zero-order valence-electron chi connectivity index (χ0n) is 15.8. The first kappa shape index (κ1) is 19.0. The number of thioether (sulfide) groups is 1. The number of carbonyl (C=O) groups is 1. The van der Waals surface area contributed by atoms with Crippen molar-refractivity contribution in [3.63, 3.8) is 0 Å². The van der Waals surface area contributed by atoms with Crippen molar-refractivity contribution >= 4 is 23.4 Å². The molecule has 6 heteroatoms. The number of benzene rings is 1. The number of aromatic nitrogens is 2. The summed E-state index contributed by atoms with van der Waals surface area (Å²) >= 11 is 1.92. The fourth-order valence-electron chi connectivity index (χ4n) is 3.39. The van der Waals surface area contributed by atoms with Crippen molar-refractivity contribution in [3.05, 3.63) is 47.8 Å². The van der Waals surface area contributed by atoms with E-state index in [2.05, 4.69) is 42.6 Å². The first-order chi connectivity index (χ1) is 12.5. The Kier molecular flexibility index (Phi) is 6.04. The van der Waals surface area contributed by atoms with Crippen LogP contribution in [-0.4, -0.2) is 34.0 Å². The molecule has 0 radical (unpaired) electrons. The van der Waals surface area contributed by atoms with E-state index in [9.17, 15) is 4.79 Å². The van der Waals surface area contributed by atoms with E-state index < -0.39 is 5.54 Å². The van der Waals surface area contributed by atoms with E-state index in [1.54, 1.807) is 6.20 Å². The van der Waals surface area contributed by atoms with Gasteiger partial charge in [0.25, 0.3) is 5.91 Å². The van der Waals surface area contributed by atoms with E-state index >= 15 is 0 Å². The lowest BCUT2D eigenvalue weighted by atomic mass is 9.87. The maximum Gasteiger partial charge on any atom is 0.252 e. The van der Waals surface area contributed by atoms with Gasteiger partial charge in [-0.3, -0.25) is 9.48 Å². The zero-order chi connectivity index (χ0) is 18.6. The second kappa shape index (κ2) is 8.27. The Balaban J connectivity index is 1.83. The van der Waals surface area contributed by atoms with Gasteiger partial charge >= 0.3 is 0 Å². The highest BCUT2D eigenvalue weighted by Gasteiger charge is 2.42. The van der Waals surface area contributed by atoms with Crippen LogP contribution in [0.25, 0.3) is 0 Å². The molecule has 1 aliphatic heterocycles. The van der Waals surface area contributed by atoms with Crippen molar-refractivity contribution in [2.75, 3.05) is 18.4 Å². The summed E-state index contributed by atoms with van der Waals surface area (Å²) in [6.45, 7) is 8.14. The van der Waals surface area contributed by atoms with Crippen LogP contribution in [0, 0.1) is 6.92 Å². The summed E-state index contributed by atoms with van der Waals surface area (Å²) in [5.41, 5.74) is 2.71. The lowest BCUT2D eigenvalue weighted by Gasteiger charge is -2.36. The van der Waals surface area contributed by atoms with Gasteiger partial charge in [0.2, 0.25) is 0 Å². The van der Waals surface area contributed by atoms with Crippen molar-refractivity contribution in [3.8, 4) is 0 Å². The molecular formula is C20H28N4OS. The standard InChI is InChI=1S/C20H28N4OS/c1-15(2)26-14-17-6-4-7-18(16(17)3)23-19(25)20(8-11-21-12-9-20)24-13-5-10-22-24/h4-7,10,13,15,21H,8-9,11-12,14H2,1-3H3,(H,23,25). The number of amides is 1. The van der Waals surface area contributed by atoms with E-state index in [4.69, 9.17) is 0 Å². The van der Waals surface area contributed by atoms with Gasteiger partial charge in [-0.2, -0.15) is 16.9 Å². The Bertz CT molecular complexity index is 736. The van der Waals surface area contributed by atoms with Gasteiger partial charge in [0.1, 0.15) is 5.54 Å². The minimum atomic E-state index is -0.621. The van der Waals surface area contributed by atoms with Gasteiger partial charge in [0.15, 0.2) is 0 Å². The maximum absolute atomic E-state index is 13.3. The molecule has 2 aromatic rings. The third-order valence-electron chi connectivity index (χ3n) is 5.06. The van der Waals surface area contributed by atoms with Crippen molar-refractivity contribution < 1.29 is 4.79 Å². The summed E-state index contributed by atoms with van der Waals surface area (Å²) in [6.07, 6.45) is 5.12. The number of rotatable bonds is 6. The van der Waals surface area contributed by atoms with Crippen LogP contribution in [0.4, 0.5) is 5.69 Å². The molecule has 2 N–H and O–H groups in total. The molecule has 5 nitrogen and oxygen atoms in total. The van der Waals surface area contributed by atoms with Gasteiger partial charge in [-0.25, -0.2) is 0 Å². The summed E-state index contributed by atoms with van der Waals surface area (Å²) in [6, 6.07) is 8.05. The van der Waals surface area contributed by atoms with Gasteiger partial charge in [-0.15, -0.1) is 0 Å². The summed E-state index contributed by atoms with van der Waals surface area (Å²) in [7, 11) is 0. The summed E-state index contributed by atoms with van der Waals surface area (Å²) in [4.78, 5) is 13.3.